The molecular weight excluding hydrogens is 270 g/mol. The zero-order valence-electron chi connectivity index (χ0n) is 11.3. The molecule has 0 spiro atoms. The summed E-state index contributed by atoms with van der Waals surface area (Å²) in [5, 5.41) is 13.9. The number of aliphatic hydroxyl groups excluding tert-OH is 1. The fraction of sp³-hybridized carbons (Fsp3) is 0.462. The van der Waals surface area contributed by atoms with Crippen molar-refractivity contribution in [1.29, 1.82) is 0 Å². The van der Waals surface area contributed by atoms with Gasteiger partial charge in [0.25, 0.3) is 0 Å². The second-order valence-electron chi connectivity index (χ2n) is 4.37. The maximum atomic E-state index is 12.2. The van der Waals surface area contributed by atoms with Crippen LogP contribution in [0.4, 0.5) is 19.3 Å². The van der Waals surface area contributed by atoms with Crippen LogP contribution in [0.2, 0.25) is 0 Å². The molecule has 0 bridgehead atoms. The standard InChI is InChI=1S/C13H18F2N2O3/c1-8-3-4-10(7-11(8)20-12(14)15)17-13(19)16-9(2)5-6-18/h3-4,7,9,12,18H,5-6H2,1-2H3,(H2,16,17,19)/t9-/m1/s1. The predicted molar refractivity (Wildman–Crippen MR) is 71.1 cm³/mol. The Morgan fingerprint density at radius 2 is 2.15 bits per heavy atom. The van der Waals surface area contributed by atoms with Gasteiger partial charge in [0.05, 0.1) is 0 Å². The van der Waals surface area contributed by atoms with Crippen LogP contribution in [0.3, 0.4) is 0 Å². The minimum absolute atomic E-state index is 0.0150. The van der Waals surface area contributed by atoms with Crippen LogP contribution in [0.5, 0.6) is 5.75 Å². The summed E-state index contributed by atoms with van der Waals surface area (Å²) in [7, 11) is 0. The first-order chi connectivity index (χ1) is 9.42. The summed E-state index contributed by atoms with van der Waals surface area (Å²) < 4.78 is 28.8. The van der Waals surface area contributed by atoms with E-state index in [9.17, 15) is 13.6 Å². The fourth-order valence-corrected chi connectivity index (χ4v) is 1.56. The molecule has 7 heteroatoms. The number of ether oxygens (including phenoxy) is 1. The molecule has 0 aliphatic heterocycles. The minimum Gasteiger partial charge on any atom is -0.434 e. The Morgan fingerprint density at radius 1 is 1.45 bits per heavy atom. The van der Waals surface area contributed by atoms with Crippen molar-refractivity contribution in [3.8, 4) is 5.75 Å². The van der Waals surface area contributed by atoms with Crippen LogP contribution in [-0.2, 0) is 0 Å². The van der Waals surface area contributed by atoms with Crippen LogP contribution in [0.15, 0.2) is 18.2 Å². The van der Waals surface area contributed by atoms with Crippen LogP contribution in [-0.4, -0.2) is 30.4 Å². The molecule has 0 aliphatic rings. The molecule has 3 N–H and O–H groups in total. The maximum Gasteiger partial charge on any atom is 0.387 e. The van der Waals surface area contributed by atoms with E-state index in [2.05, 4.69) is 15.4 Å². The highest BCUT2D eigenvalue weighted by Gasteiger charge is 2.10. The number of carbonyl (C=O) groups is 1. The molecule has 1 aromatic carbocycles. The van der Waals surface area contributed by atoms with E-state index in [4.69, 9.17) is 5.11 Å². The molecule has 1 aromatic rings. The largest absolute Gasteiger partial charge is 0.434 e. The van der Waals surface area contributed by atoms with Crippen LogP contribution in [0, 0.1) is 6.92 Å². The summed E-state index contributed by atoms with van der Waals surface area (Å²) in [6.45, 7) is 0.432. The monoisotopic (exact) mass is 288 g/mol. The van der Waals surface area contributed by atoms with E-state index in [1.165, 1.54) is 6.07 Å². The van der Waals surface area contributed by atoms with E-state index >= 15 is 0 Å². The normalized spacial score (nSPS) is 12.1. The molecule has 2 amide bonds. The third-order valence-corrected chi connectivity index (χ3v) is 2.60. The lowest BCUT2D eigenvalue weighted by molar-refractivity contribution is -0.0502. The molecule has 112 valence electrons. The van der Waals surface area contributed by atoms with Crippen molar-refractivity contribution in [1.82, 2.24) is 5.32 Å². The smallest absolute Gasteiger partial charge is 0.387 e. The molecule has 0 heterocycles. The van der Waals surface area contributed by atoms with Gasteiger partial charge < -0.3 is 20.5 Å². The van der Waals surface area contributed by atoms with Gasteiger partial charge in [0.15, 0.2) is 0 Å². The van der Waals surface area contributed by atoms with Crippen molar-refractivity contribution in [2.24, 2.45) is 0 Å². The molecule has 20 heavy (non-hydrogen) atoms. The highest BCUT2D eigenvalue weighted by atomic mass is 19.3. The number of anilines is 1. The summed E-state index contributed by atoms with van der Waals surface area (Å²) in [4.78, 5) is 11.6. The van der Waals surface area contributed by atoms with Gasteiger partial charge in [-0.05, 0) is 31.9 Å². The maximum absolute atomic E-state index is 12.2. The number of benzene rings is 1. The average molecular weight is 288 g/mol. The number of alkyl halides is 2. The van der Waals surface area contributed by atoms with E-state index in [1.807, 2.05) is 0 Å². The second-order valence-corrected chi connectivity index (χ2v) is 4.37. The Kier molecular flexibility index (Phi) is 6.17. The van der Waals surface area contributed by atoms with Crippen molar-refractivity contribution in [3.05, 3.63) is 23.8 Å². The van der Waals surface area contributed by atoms with E-state index in [1.54, 1.807) is 26.0 Å². The number of rotatable bonds is 6. The molecule has 1 rings (SSSR count). The average Bonchev–Trinajstić information content (AvgIpc) is 2.32. The summed E-state index contributed by atoms with van der Waals surface area (Å²) in [6, 6.07) is 3.83. The molecule has 0 saturated heterocycles. The van der Waals surface area contributed by atoms with Crippen LogP contribution < -0.4 is 15.4 Å². The van der Waals surface area contributed by atoms with Gasteiger partial charge in [-0.15, -0.1) is 0 Å². The highest BCUT2D eigenvalue weighted by molar-refractivity contribution is 5.89. The first-order valence-corrected chi connectivity index (χ1v) is 6.16. The van der Waals surface area contributed by atoms with Crippen LogP contribution >= 0.6 is 0 Å². The number of carbonyl (C=O) groups excluding carboxylic acids is 1. The van der Waals surface area contributed by atoms with Gasteiger partial charge in [-0.1, -0.05) is 6.07 Å². The zero-order chi connectivity index (χ0) is 15.1. The number of aryl methyl sites for hydroxylation is 1. The van der Waals surface area contributed by atoms with E-state index in [0.717, 1.165) is 0 Å². The molecule has 5 nitrogen and oxygen atoms in total. The lowest BCUT2D eigenvalue weighted by atomic mass is 10.2. The van der Waals surface area contributed by atoms with E-state index in [-0.39, 0.29) is 18.4 Å². The van der Waals surface area contributed by atoms with Crippen molar-refractivity contribution in [2.75, 3.05) is 11.9 Å². The van der Waals surface area contributed by atoms with Gasteiger partial charge in [-0.3, -0.25) is 0 Å². The molecule has 0 aromatic heterocycles. The fourth-order valence-electron chi connectivity index (χ4n) is 1.56. The zero-order valence-corrected chi connectivity index (χ0v) is 11.3. The quantitative estimate of drug-likeness (QED) is 0.753. The summed E-state index contributed by atoms with van der Waals surface area (Å²) in [5.74, 6) is 0.0150. The van der Waals surface area contributed by atoms with Crippen molar-refractivity contribution < 1.29 is 23.4 Å². The number of hydrogen-bond acceptors (Lipinski definition) is 3. The number of halogens is 2. The lowest BCUT2D eigenvalue weighted by Gasteiger charge is -2.14. The minimum atomic E-state index is -2.91. The lowest BCUT2D eigenvalue weighted by Crippen LogP contribution is -2.36. The van der Waals surface area contributed by atoms with Gasteiger partial charge in [0.1, 0.15) is 5.75 Å². The Bertz CT molecular complexity index is 455. The van der Waals surface area contributed by atoms with Crippen molar-refractivity contribution >= 4 is 11.7 Å². The highest BCUT2D eigenvalue weighted by Crippen LogP contribution is 2.24. The number of aliphatic hydroxyl groups is 1. The third kappa shape index (κ3) is 5.40. The van der Waals surface area contributed by atoms with Crippen LogP contribution in [0.25, 0.3) is 0 Å². The molecular formula is C13H18F2N2O3. The predicted octanol–water partition coefficient (Wildman–Crippen LogP) is 2.49. The Balaban J connectivity index is 2.65. The van der Waals surface area contributed by atoms with E-state index in [0.29, 0.717) is 17.7 Å². The molecule has 0 aliphatic carbocycles. The first-order valence-electron chi connectivity index (χ1n) is 6.16. The summed E-state index contributed by atoms with van der Waals surface area (Å²) >= 11 is 0. The number of hydrogen-bond donors (Lipinski definition) is 3. The topological polar surface area (TPSA) is 70.6 Å². The molecule has 0 fully saturated rings. The summed E-state index contributed by atoms with van der Waals surface area (Å²) in [5.41, 5.74) is 0.893. The molecule has 1 atom stereocenters. The van der Waals surface area contributed by atoms with Gasteiger partial charge >= 0.3 is 12.6 Å². The van der Waals surface area contributed by atoms with Gasteiger partial charge in [-0.25, -0.2) is 4.79 Å². The summed E-state index contributed by atoms with van der Waals surface area (Å²) in [6.07, 6.45) is 0.432. The Hall–Kier alpha value is -1.89. The second kappa shape index (κ2) is 7.64. The van der Waals surface area contributed by atoms with Crippen molar-refractivity contribution in [3.63, 3.8) is 0 Å². The molecule has 0 radical (unpaired) electrons. The third-order valence-electron chi connectivity index (χ3n) is 2.60. The Morgan fingerprint density at radius 3 is 2.75 bits per heavy atom. The van der Waals surface area contributed by atoms with Gasteiger partial charge in [0.2, 0.25) is 0 Å². The Labute approximate surface area is 115 Å². The number of nitrogens with one attached hydrogen (secondary N) is 2. The van der Waals surface area contributed by atoms with Gasteiger partial charge in [-0.2, -0.15) is 8.78 Å². The number of amides is 2. The van der Waals surface area contributed by atoms with Crippen molar-refractivity contribution in [2.45, 2.75) is 32.9 Å². The number of urea groups is 1. The van der Waals surface area contributed by atoms with Crippen LogP contribution in [0.1, 0.15) is 18.9 Å². The van der Waals surface area contributed by atoms with Gasteiger partial charge in [0, 0.05) is 24.4 Å². The SMILES string of the molecule is Cc1ccc(NC(=O)N[C@H](C)CCO)cc1OC(F)F. The molecule has 0 unspecified atom stereocenters. The molecule has 0 saturated carbocycles. The van der Waals surface area contributed by atoms with E-state index < -0.39 is 12.6 Å². The first kappa shape index (κ1) is 16.2.